The third-order valence-corrected chi connectivity index (χ3v) is 7.38. The molecule has 122 valence electrons. The van der Waals surface area contributed by atoms with Crippen molar-refractivity contribution in [2.75, 3.05) is 0 Å². The van der Waals surface area contributed by atoms with Crippen LogP contribution in [-0.4, -0.2) is 11.1 Å². The topological polar surface area (TPSA) is 37.3 Å². The highest BCUT2D eigenvalue weighted by Gasteiger charge is 2.58. The highest BCUT2D eigenvalue weighted by molar-refractivity contribution is 5.75. The molecule has 0 aromatic rings. The molecule has 0 heterocycles. The Morgan fingerprint density at radius 2 is 2.00 bits per heavy atom. The van der Waals surface area contributed by atoms with Gasteiger partial charge in [-0.05, 0) is 62.7 Å². The summed E-state index contributed by atoms with van der Waals surface area (Å²) < 4.78 is 0. The van der Waals surface area contributed by atoms with Gasteiger partial charge in [-0.1, -0.05) is 38.0 Å². The van der Waals surface area contributed by atoms with E-state index in [1.807, 2.05) is 6.92 Å². The molecule has 3 aliphatic rings. The molecule has 0 aliphatic heterocycles. The molecule has 2 nitrogen and oxygen atoms in total. The van der Waals surface area contributed by atoms with Crippen LogP contribution < -0.4 is 0 Å². The summed E-state index contributed by atoms with van der Waals surface area (Å²) in [6.07, 6.45) is 12.1. The van der Waals surface area contributed by atoms with E-state index in [1.54, 1.807) is 5.57 Å². The van der Waals surface area contributed by atoms with E-state index in [-0.39, 0.29) is 10.8 Å². The summed E-state index contributed by atoms with van der Waals surface area (Å²) in [5.41, 5.74) is 1.36. The average molecular weight is 302 g/mol. The van der Waals surface area contributed by atoms with Gasteiger partial charge in [-0.15, -0.1) is 6.58 Å². The highest BCUT2D eigenvalue weighted by Crippen LogP contribution is 2.63. The van der Waals surface area contributed by atoms with Crippen LogP contribution in [0.15, 0.2) is 24.3 Å². The maximum atomic E-state index is 12.0. The van der Waals surface area contributed by atoms with E-state index in [4.69, 9.17) is 0 Å². The summed E-state index contributed by atoms with van der Waals surface area (Å²) in [6, 6.07) is 0. The number of carboxylic acids is 1. The van der Waals surface area contributed by atoms with Crippen LogP contribution in [0.25, 0.3) is 0 Å². The van der Waals surface area contributed by atoms with Crippen molar-refractivity contribution < 1.29 is 9.90 Å². The van der Waals surface area contributed by atoms with Crippen LogP contribution in [-0.2, 0) is 4.79 Å². The van der Waals surface area contributed by atoms with Gasteiger partial charge in [0.25, 0.3) is 0 Å². The third-order valence-electron chi connectivity index (χ3n) is 7.38. The smallest absolute Gasteiger partial charge is 0.309 e. The number of rotatable bonds is 2. The van der Waals surface area contributed by atoms with Crippen LogP contribution >= 0.6 is 0 Å². The van der Waals surface area contributed by atoms with Crippen LogP contribution in [0.3, 0.4) is 0 Å². The van der Waals surface area contributed by atoms with Gasteiger partial charge in [0, 0.05) is 5.41 Å². The number of hydrogen-bond donors (Lipinski definition) is 1. The molecule has 0 spiro atoms. The Hall–Kier alpha value is -1.05. The van der Waals surface area contributed by atoms with Crippen molar-refractivity contribution in [1.82, 2.24) is 0 Å². The van der Waals surface area contributed by atoms with Gasteiger partial charge in [0.1, 0.15) is 0 Å². The Morgan fingerprint density at radius 1 is 1.27 bits per heavy atom. The second-order valence-corrected chi connectivity index (χ2v) is 8.69. The zero-order valence-electron chi connectivity index (χ0n) is 14.3. The van der Waals surface area contributed by atoms with Crippen molar-refractivity contribution in [3.05, 3.63) is 24.3 Å². The van der Waals surface area contributed by atoms with Crippen LogP contribution in [0.2, 0.25) is 0 Å². The van der Waals surface area contributed by atoms with Gasteiger partial charge in [0.05, 0.1) is 5.41 Å². The number of allylic oxidation sites excluding steroid dienone is 3. The maximum Gasteiger partial charge on any atom is 0.309 e. The van der Waals surface area contributed by atoms with E-state index < -0.39 is 11.4 Å². The molecular weight excluding hydrogens is 272 g/mol. The SMILES string of the molecule is C=C[C@@]1(C)C=C2CC[C@@H]3[C@@](C)(CCC[C@]3(C)C(=O)O)[C@@H]2CC1. The van der Waals surface area contributed by atoms with Gasteiger partial charge in [-0.25, -0.2) is 0 Å². The summed E-state index contributed by atoms with van der Waals surface area (Å²) in [4.78, 5) is 12.0. The van der Waals surface area contributed by atoms with Gasteiger partial charge in [-0.2, -0.15) is 0 Å². The van der Waals surface area contributed by atoms with Crippen LogP contribution in [0.1, 0.15) is 65.7 Å². The molecule has 22 heavy (non-hydrogen) atoms. The minimum absolute atomic E-state index is 0.139. The molecule has 0 amide bonds. The highest BCUT2D eigenvalue weighted by atomic mass is 16.4. The summed E-state index contributed by atoms with van der Waals surface area (Å²) in [6.45, 7) is 10.7. The van der Waals surface area contributed by atoms with E-state index in [2.05, 4.69) is 32.6 Å². The minimum Gasteiger partial charge on any atom is -0.481 e. The largest absolute Gasteiger partial charge is 0.481 e. The zero-order chi connectivity index (χ0) is 16.2. The lowest BCUT2D eigenvalue weighted by Gasteiger charge is -2.59. The molecule has 2 fully saturated rings. The lowest BCUT2D eigenvalue weighted by molar-refractivity contribution is -0.164. The standard InChI is InChI=1S/C20H30O2/c1-5-18(2)12-9-15-14(13-18)7-8-16-19(15,3)10-6-11-20(16,4)17(21)22/h5,13,15-16H,1,6-12H2,2-4H3,(H,21,22)/t15-,16-,18-,19+,20+/m1/s1. The van der Waals surface area contributed by atoms with Crippen LogP contribution in [0, 0.1) is 28.1 Å². The molecule has 0 aromatic carbocycles. The Balaban J connectivity index is 1.99. The number of carbonyl (C=O) groups is 1. The van der Waals surface area contributed by atoms with Crippen molar-refractivity contribution >= 4 is 5.97 Å². The van der Waals surface area contributed by atoms with E-state index in [9.17, 15) is 9.90 Å². The molecule has 1 N–H and O–H groups in total. The normalized spacial score (nSPS) is 47.9. The molecule has 0 radical (unpaired) electrons. The fourth-order valence-electron chi connectivity index (χ4n) is 5.94. The minimum atomic E-state index is -0.581. The fraction of sp³-hybridized carbons (Fsp3) is 0.750. The molecule has 5 atom stereocenters. The van der Waals surface area contributed by atoms with Gasteiger partial charge >= 0.3 is 5.97 Å². The molecular formula is C20H30O2. The first-order valence-corrected chi connectivity index (χ1v) is 8.84. The number of carboxylic acid groups (broad SMARTS) is 1. The predicted molar refractivity (Wildman–Crippen MR) is 89.5 cm³/mol. The van der Waals surface area contributed by atoms with Crippen molar-refractivity contribution in [3.8, 4) is 0 Å². The van der Waals surface area contributed by atoms with E-state index in [1.165, 1.54) is 12.8 Å². The maximum absolute atomic E-state index is 12.0. The fourth-order valence-corrected chi connectivity index (χ4v) is 5.94. The first-order chi connectivity index (χ1) is 10.3. The summed E-state index contributed by atoms with van der Waals surface area (Å²) in [5, 5.41) is 9.84. The van der Waals surface area contributed by atoms with Crippen molar-refractivity contribution in [3.63, 3.8) is 0 Å². The summed E-state index contributed by atoms with van der Waals surface area (Å²) in [7, 11) is 0. The summed E-state index contributed by atoms with van der Waals surface area (Å²) >= 11 is 0. The molecule has 0 aromatic heterocycles. The Morgan fingerprint density at radius 3 is 2.64 bits per heavy atom. The molecule has 0 bridgehead atoms. The van der Waals surface area contributed by atoms with Crippen LogP contribution in [0.5, 0.6) is 0 Å². The Labute approximate surface area is 134 Å². The monoisotopic (exact) mass is 302 g/mol. The first kappa shape index (κ1) is 15.8. The van der Waals surface area contributed by atoms with Crippen molar-refractivity contribution in [2.45, 2.75) is 65.7 Å². The number of hydrogen-bond acceptors (Lipinski definition) is 1. The lowest BCUT2D eigenvalue weighted by Crippen LogP contribution is -2.54. The van der Waals surface area contributed by atoms with E-state index in [0.29, 0.717) is 11.8 Å². The molecule has 3 rings (SSSR count). The van der Waals surface area contributed by atoms with Gasteiger partial charge in [0.2, 0.25) is 0 Å². The Bertz CT molecular complexity index is 534. The van der Waals surface area contributed by atoms with E-state index >= 15 is 0 Å². The van der Waals surface area contributed by atoms with Crippen LogP contribution in [0.4, 0.5) is 0 Å². The molecule has 2 saturated carbocycles. The third kappa shape index (κ3) is 2.10. The van der Waals surface area contributed by atoms with E-state index in [0.717, 1.165) is 32.1 Å². The molecule has 0 saturated heterocycles. The van der Waals surface area contributed by atoms with Crippen molar-refractivity contribution in [1.29, 1.82) is 0 Å². The molecule has 0 unspecified atom stereocenters. The Kier molecular flexibility index (Phi) is 3.58. The second kappa shape index (κ2) is 4.97. The van der Waals surface area contributed by atoms with Gasteiger partial charge in [-0.3, -0.25) is 4.79 Å². The zero-order valence-corrected chi connectivity index (χ0v) is 14.3. The molecule has 3 aliphatic carbocycles. The average Bonchev–Trinajstić information content (AvgIpc) is 2.46. The number of fused-ring (bicyclic) bond motifs is 3. The number of aliphatic carboxylic acids is 1. The van der Waals surface area contributed by atoms with Gasteiger partial charge in [0.15, 0.2) is 0 Å². The van der Waals surface area contributed by atoms with Crippen molar-refractivity contribution in [2.24, 2.45) is 28.1 Å². The predicted octanol–water partition coefficient (Wildman–Crippen LogP) is 5.21. The van der Waals surface area contributed by atoms with Gasteiger partial charge < -0.3 is 5.11 Å². The quantitative estimate of drug-likeness (QED) is 0.711. The molecule has 2 heteroatoms. The summed E-state index contributed by atoms with van der Waals surface area (Å²) in [5.74, 6) is 0.322. The first-order valence-electron chi connectivity index (χ1n) is 8.84. The second-order valence-electron chi connectivity index (χ2n) is 8.69. The lowest BCUT2D eigenvalue weighted by atomic mass is 9.45.